The minimum absolute atomic E-state index is 0. The molecule has 2 aliphatic rings. The summed E-state index contributed by atoms with van der Waals surface area (Å²) >= 11 is 0. The fourth-order valence-electron chi connectivity index (χ4n) is 5.57. The molecule has 3 aromatic carbocycles. The number of hydrogen-bond acceptors (Lipinski definition) is 5. The maximum Gasteiger partial charge on any atom is 0.220 e. The number of nitrogens with one attached hydrogen (secondary N) is 1. The number of para-hydroxylation sites is 1. The van der Waals surface area contributed by atoms with Crippen LogP contribution in [0.2, 0.25) is 0 Å². The van der Waals surface area contributed by atoms with Crippen LogP contribution in [0.25, 0.3) is 0 Å². The lowest BCUT2D eigenvalue weighted by molar-refractivity contribution is -0.134. The number of carbonyl (C=O) groups is 1. The molecule has 2 heterocycles. The Morgan fingerprint density at radius 1 is 1.00 bits per heavy atom. The highest BCUT2D eigenvalue weighted by Crippen LogP contribution is 2.30. The summed E-state index contributed by atoms with van der Waals surface area (Å²) in [4.78, 5) is 19.9. The summed E-state index contributed by atoms with van der Waals surface area (Å²) in [6.45, 7) is 4.02. The van der Waals surface area contributed by atoms with Crippen molar-refractivity contribution in [3.63, 3.8) is 0 Å². The van der Waals surface area contributed by atoms with Crippen LogP contribution in [0.15, 0.2) is 97.3 Å². The van der Waals surface area contributed by atoms with Crippen molar-refractivity contribution in [2.45, 2.75) is 44.6 Å². The molecule has 38 heavy (non-hydrogen) atoms. The first-order valence-electron chi connectivity index (χ1n) is 12.9. The number of halogens is 1. The summed E-state index contributed by atoms with van der Waals surface area (Å²) in [7, 11) is 0. The zero-order valence-electron chi connectivity index (χ0n) is 21.6. The molecule has 0 bridgehead atoms. The van der Waals surface area contributed by atoms with E-state index in [-0.39, 0.29) is 36.6 Å². The monoisotopic (exact) mass is 527 g/mol. The van der Waals surface area contributed by atoms with E-state index in [9.17, 15) is 4.79 Å². The van der Waals surface area contributed by atoms with Crippen LogP contribution in [0.1, 0.15) is 30.0 Å². The van der Waals surface area contributed by atoms with Gasteiger partial charge in [-0.25, -0.2) is 0 Å². The van der Waals surface area contributed by atoms with Gasteiger partial charge in [-0.05, 0) is 41.8 Å². The number of benzene rings is 3. The molecule has 0 saturated carbocycles. The van der Waals surface area contributed by atoms with Gasteiger partial charge < -0.3 is 20.0 Å². The summed E-state index contributed by atoms with van der Waals surface area (Å²) < 4.78 is 0. The molecule has 0 aromatic heterocycles. The Labute approximate surface area is 231 Å². The van der Waals surface area contributed by atoms with Crippen molar-refractivity contribution in [1.82, 2.24) is 15.1 Å². The van der Waals surface area contributed by atoms with Gasteiger partial charge in [-0.15, -0.1) is 12.4 Å². The molecule has 7 heteroatoms. The summed E-state index contributed by atoms with van der Waals surface area (Å²) in [5, 5.41) is 12.7. The van der Waals surface area contributed by atoms with E-state index in [1.54, 1.807) is 6.92 Å². The smallest absolute Gasteiger partial charge is 0.220 e. The molecular weight excluding hydrogens is 494 g/mol. The Hall–Kier alpha value is -3.95. The van der Waals surface area contributed by atoms with Crippen LogP contribution in [0.4, 0.5) is 5.69 Å². The topological polar surface area (TPSA) is 62.6 Å². The number of carbonyl (C=O) groups excluding carboxylic acids is 1. The van der Waals surface area contributed by atoms with Crippen molar-refractivity contribution in [3.8, 4) is 6.07 Å². The van der Waals surface area contributed by atoms with Crippen molar-refractivity contribution >= 4 is 24.0 Å². The Morgan fingerprint density at radius 2 is 1.68 bits per heavy atom. The van der Waals surface area contributed by atoms with Gasteiger partial charge >= 0.3 is 0 Å². The average molecular weight is 528 g/mol. The quantitative estimate of drug-likeness (QED) is 0.472. The molecule has 1 N–H and O–H groups in total. The predicted octanol–water partition coefficient (Wildman–Crippen LogP) is 4.92. The molecule has 5 rings (SSSR count). The van der Waals surface area contributed by atoms with Crippen LogP contribution in [0.3, 0.4) is 0 Å². The number of hydrogen-bond donors (Lipinski definition) is 1. The molecule has 3 atom stereocenters. The molecule has 6 nitrogen and oxygen atoms in total. The van der Waals surface area contributed by atoms with E-state index in [1.807, 2.05) is 54.7 Å². The van der Waals surface area contributed by atoms with Crippen LogP contribution in [0.5, 0.6) is 0 Å². The van der Waals surface area contributed by atoms with E-state index < -0.39 is 0 Å². The second-order valence-corrected chi connectivity index (χ2v) is 9.80. The SMILES string of the molecule is CC(=O)N(Cc1ccccc1)C1CCN(c2ccccc2)CC1N1C=CNC1Cc1ccc(C#N)cc1.Cl. The normalized spacial score (nSPS) is 20.3. The van der Waals surface area contributed by atoms with E-state index in [2.05, 4.69) is 68.7 Å². The standard InChI is InChI=1S/C31H33N5O.ClH/c1-24(37)36(22-27-8-4-2-5-9-27)29-16-18-34(28-10-6-3-7-11-28)23-30(29)35-19-17-33-31(35)20-25-12-14-26(21-32)15-13-25;/h2-15,17,19,29-31,33H,16,18,20,22-23H2,1H3;1H. The summed E-state index contributed by atoms with van der Waals surface area (Å²) in [6.07, 6.45) is 5.91. The van der Waals surface area contributed by atoms with E-state index in [0.717, 1.165) is 31.5 Å². The van der Waals surface area contributed by atoms with Crippen LogP contribution in [-0.2, 0) is 17.8 Å². The van der Waals surface area contributed by atoms with Crippen molar-refractivity contribution in [2.75, 3.05) is 18.0 Å². The fraction of sp³-hybridized carbons (Fsp3) is 0.290. The first-order chi connectivity index (χ1) is 18.1. The molecule has 0 aliphatic carbocycles. The van der Waals surface area contributed by atoms with E-state index in [4.69, 9.17) is 5.26 Å². The van der Waals surface area contributed by atoms with Crippen LogP contribution < -0.4 is 10.2 Å². The Kier molecular flexibility index (Phi) is 8.93. The predicted molar refractivity (Wildman–Crippen MR) is 154 cm³/mol. The number of amides is 1. The van der Waals surface area contributed by atoms with Gasteiger partial charge in [0.1, 0.15) is 6.17 Å². The van der Waals surface area contributed by atoms with E-state index in [1.165, 1.54) is 11.3 Å². The zero-order valence-corrected chi connectivity index (χ0v) is 22.4. The van der Waals surface area contributed by atoms with Crippen molar-refractivity contribution in [1.29, 1.82) is 5.26 Å². The molecule has 2 aliphatic heterocycles. The maximum absolute atomic E-state index is 13.0. The summed E-state index contributed by atoms with van der Waals surface area (Å²) in [6, 6.07) is 31.0. The van der Waals surface area contributed by atoms with Crippen LogP contribution in [-0.4, -0.2) is 47.0 Å². The molecule has 1 amide bonds. The highest BCUT2D eigenvalue weighted by atomic mass is 35.5. The van der Waals surface area contributed by atoms with Crippen molar-refractivity contribution in [3.05, 3.63) is 114 Å². The molecule has 0 spiro atoms. The minimum atomic E-state index is 0. The second kappa shape index (κ2) is 12.5. The largest absolute Gasteiger partial charge is 0.370 e. The lowest BCUT2D eigenvalue weighted by Crippen LogP contribution is -2.62. The fourth-order valence-corrected chi connectivity index (χ4v) is 5.57. The van der Waals surface area contributed by atoms with Crippen LogP contribution >= 0.6 is 12.4 Å². The highest BCUT2D eigenvalue weighted by molar-refractivity contribution is 5.85. The van der Waals surface area contributed by atoms with E-state index >= 15 is 0 Å². The first kappa shape index (κ1) is 27.1. The Balaban J connectivity index is 0.00000336. The van der Waals surface area contributed by atoms with E-state index in [0.29, 0.717) is 12.1 Å². The van der Waals surface area contributed by atoms with Crippen molar-refractivity contribution in [2.24, 2.45) is 0 Å². The number of piperidine rings is 1. The molecule has 0 radical (unpaired) electrons. The lowest BCUT2D eigenvalue weighted by atomic mass is 9.93. The van der Waals surface area contributed by atoms with Gasteiger partial charge in [0.2, 0.25) is 5.91 Å². The van der Waals surface area contributed by atoms with Gasteiger partial charge in [-0.2, -0.15) is 5.26 Å². The van der Waals surface area contributed by atoms with Crippen molar-refractivity contribution < 1.29 is 4.79 Å². The molecule has 196 valence electrons. The third kappa shape index (κ3) is 6.12. The summed E-state index contributed by atoms with van der Waals surface area (Å²) in [5.74, 6) is 0.104. The van der Waals surface area contributed by atoms with Gasteiger partial charge in [-0.1, -0.05) is 60.7 Å². The maximum atomic E-state index is 13.0. The Bertz CT molecular complexity index is 1260. The van der Waals surface area contributed by atoms with Gasteiger partial charge in [0.25, 0.3) is 0 Å². The second-order valence-electron chi connectivity index (χ2n) is 9.80. The molecule has 3 unspecified atom stereocenters. The van der Waals surface area contributed by atoms with Gasteiger partial charge in [0.15, 0.2) is 0 Å². The number of nitriles is 1. The molecule has 3 aromatic rings. The minimum Gasteiger partial charge on any atom is -0.370 e. The molecule has 1 fully saturated rings. The average Bonchev–Trinajstić information content (AvgIpc) is 3.40. The third-order valence-electron chi connectivity index (χ3n) is 7.46. The first-order valence-corrected chi connectivity index (χ1v) is 12.9. The molecule has 1 saturated heterocycles. The van der Waals surface area contributed by atoms with Gasteiger partial charge in [-0.3, -0.25) is 4.79 Å². The van der Waals surface area contributed by atoms with Gasteiger partial charge in [0.05, 0.1) is 23.7 Å². The van der Waals surface area contributed by atoms with Crippen LogP contribution in [0, 0.1) is 11.3 Å². The summed E-state index contributed by atoms with van der Waals surface area (Å²) in [5.41, 5.74) is 4.20. The lowest BCUT2D eigenvalue weighted by Gasteiger charge is -2.49. The zero-order chi connectivity index (χ0) is 25.6. The number of anilines is 1. The highest BCUT2D eigenvalue weighted by Gasteiger charge is 2.40. The number of rotatable bonds is 7. The number of nitrogens with zero attached hydrogens (tertiary/aromatic N) is 4. The third-order valence-corrected chi connectivity index (χ3v) is 7.46. The Morgan fingerprint density at radius 3 is 2.34 bits per heavy atom. The molecular formula is C31H34ClN5O. The van der Waals surface area contributed by atoms with Gasteiger partial charge in [0, 0.05) is 51.1 Å².